The minimum Gasteiger partial charge on any atom is -0.322 e. The third-order valence-corrected chi connectivity index (χ3v) is 11.7. The van der Waals surface area contributed by atoms with Crippen molar-refractivity contribution in [1.82, 2.24) is 0 Å². The number of carbonyl (C=O) groups is 3. The highest BCUT2D eigenvalue weighted by Gasteiger charge is 2.53. The summed E-state index contributed by atoms with van der Waals surface area (Å²) in [5.74, 6) is 5.77. The molecule has 5 nitrogen and oxygen atoms in total. The Morgan fingerprint density at radius 2 is 1.14 bits per heavy atom. The third kappa shape index (κ3) is 6.17. The first-order chi connectivity index (χ1) is 27.7. The summed E-state index contributed by atoms with van der Waals surface area (Å²) in [5, 5.41) is 6.22. The molecule has 0 radical (unpaired) electrons. The summed E-state index contributed by atoms with van der Waals surface area (Å²) < 4.78 is 0. The largest absolute Gasteiger partial charge is 0.322 e. The molecule has 0 heterocycles. The summed E-state index contributed by atoms with van der Waals surface area (Å²) in [4.78, 5) is 42.6. The molecule has 6 aromatic rings. The van der Waals surface area contributed by atoms with Gasteiger partial charge in [-0.2, -0.15) is 0 Å². The summed E-state index contributed by atoms with van der Waals surface area (Å²) in [5.41, 5.74) is 13.5. The molecule has 282 valence electrons. The van der Waals surface area contributed by atoms with Crippen molar-refractivity contribution in [3.05, 3.63) is 177 Å². The van der Waals surface area contributed by atoms with Crippen LogP contribution in [0.2, 0.25) is 0 Å². The highest BCUT2D eigenvalue weighted by molar-refractivity contribution is 6.08. The molecule has 57 heavy (non-hydrogen) atoms. The predicted octanol–water partition coefficient (Wildman–Crippen LogP) is 11.6. The Balaban J connectivity index is 0.00000224. The van der Waals surface area contributed by atoms with E-state index in [1.165, 1.54) is 0 Å². The van der Waals surface area contributed by atoms with Crippen molar-refractivity contribution in [2.75, 3.05) is 10.6 Å². The zero-order chi connectivity index (χ0) is 40.0. The van der Waals surface area contributed by atoms with Gasteiger partial charge in [0.2, 0.25) is 0 Å². The number of Topliss-reactive ketones (excluding diaryl/α,β-unsaturated/α-hetero) is 1. The molecule has 0 saturated heterocycles. The quantitative estimate of drug-likeness (QED) is 0.172. The van der Waals surface area contributed by atoms with Gasteiger partial charge in [0.15, 0.2) is 5.78 Å². The molecule has 0 fully saturated rings. The van der Waals surface area contributed by atoms with Gasteiger partial charge in [-0.3, -0.25) is 14.4 Å². The lowest BCUT2D eigenvalue weighted by molar-refractivity contribution is 0.0887. The van der Waals surface area contributed by atoms with Gasteiger partial charge in [0.25, 0.3) is 11.8 Å². The standard InChI is InChI=1S/C50H40N2O3.C2H6/c1-5-9-32-24-31-14-18-39-41-20-16-34(48(54)51-36-12-7-10-29(3)22-36)27-45(41)50(43(39)25-31)44-26-33(47(53)38(32)6-2)15-19-40(44)42-21-17-35(28-46(42)50)49(55)52-37-13-8-11-30(4)23-37;1-2/h7-8,10-23,25-28,32,38H,6,24H2,1-4H3,(H,51,54)(H,52,55);1-2H3. The van der Waals surface area contributed by atoms with E-state index in [2.05, 4.69) is 65.8 Å². The number of amides is 2. The lowest BCUT2D eigenvalue weighted by atomic mass is 9.69. The van der Waals surface area contributed by atoms with E-state index in [-0.39, 0.29) is 29.4 Å². The van der Waals surface area contributed by atoms with Crippen molar-refractivity contribution in [3.63, 3.8) is 0 Å². The fraction of sp³-hybridized carbons (Fsp3) is 0.212. The number of benzene rings is 6. The number of aryl methyl sites for hydroxylation is 2. The first-order valence-corrected chi connectivity index (χ1v) is 20.0. The van der Waals surface area contributed by atoms with Crippen LogP contribution in [0.15, 0.2) is 121 Å². The summed E-state index contributed by atoms with van der Waals surface area (Å²) in [6.07, 6.45) is 1.30. The van der Waals surface area contributed by atoms with E-state index in [9.17, 15) is 14.4 Å². The van der Waals surface area contributed by atoms with Crippen LogP contribution >= 0.6 is 0 Å². The molecule has 3 aliphatic carbocycles. The van der Waals surface area contributed by atoms with Gasteiger partial charge in [0.05, 0.1) is 5.41 Å². The lowest BCUT2D eigenvalue weighted by Gasteiger charge is -2.31. The molecular formula is C52H46N2O3. The van der Waals surface area contributed by atoms with Crippen LogP contribution in [-0.2, 0) is 11.8 Å². The Labute approximate surface area is 335 Å². The van der Waals surface area contributed by atoms with Crippen molar-refractivity contribution in [3.8, 4) is 34.1 Å². The van der Waals surface area contributed by atoms with E-state index in [1.54, 1.807) is 0 Å². The molecule has 2 N–H and O–H groups in total. The zero-order valence-electron chi connectivity index (χ0n) is 33.3. The highest BCUT2D eigenvalue weighted by atomic mass is 16.2. The molecule has 2 amide bonds. The predicted molar refractivity (Wildman–Crippen MR) is 231 cm³/mol. The number of ketones is 1. The minimum absolute atomic E-state index is 0.0853. The topological polar surface area (TPSA) is 75.3 Å². The molecule has 3 atom stereocenters. The van der Waals surface area contributed by atoms with Crippen molar-refractivity contribution >= 4 is 29.0 Å². The van der Waals surface area contributed by atoms with E-state index >= 15 is 0 Å². The van der Waals surface area contributed by atoms with Gasteiger partial charge in [0, 0.05) is 39.9 Å². The van der Waals surface area contributed by atoms with Crippen molar-refractivity contribution in [1.29, 1.82) is 0 Å². The second-order valence-corrected chi connectivity index (χ2v) is 15.1. The van der Waals surface area contributed by atoms with Crippen LogP contribution in [-0.4, -0.2) is 17.6 Å². The molecule has 6 aromatic carbocycles. The monoisotopic (exact) mass is 746 g/mol. The number of fused-ring (bicyclic) bond motifs is 6. The van der Waals surface area contributed by atoms with E-state index in [0.717, 1.165) is 72.6 Å². The third-order valence-electron chi connectivity index (χ3n) is 11.7. The van der Waals surface area contributed by atoms with Gasteiger partial charge in [-0.05, 0) is 149 Å². The number of rotatable bonds is 5. The number of hydrogen-bond donors (Lipinski definition) is 2. The molecule has 0 aromatic heterocycles. The first-order valence-electron chi connectivity index (χ1n) is 20.0. The Morgan fingerprint density at radius 3 is 1.65 bits per heavy atom. The highest BCUT2D eigenvalue weighted by Crippen LogP contribution is 2.63. The van der Waals surface area contributed by atoms with Gasteiger partial charge in [-0.15, -0.1) is 5.92 Å². The summed E-state index contributed by atoms with van der Waals surface area (Å²) in [7, 11) is 0. The zero-order valence-corrected chi connectivity index (χ0v) is 33.3. The molecule has 0 saturated carbocycles. The van der Waals surface area contributed by atoms with Crippen LogP contribution < -0.4 is 10.6 Å². The average Bonchev–Trinajstić information content (AvgIpc) is 3.67. The maximum absolute atomic E-state index is 14.6. The molecule has 0 aliphatic heterocycles. The Hall–Kier alpha value is -6.51. The molecule has 3 aliphatic rings. The number of carbonyl (C=O) groups excluding carboxylic acids is 3. The smallest absolute Gasteiger partial charge is 0.255 e. The maximum atomic E-state index is 14.6. The SMILES string of the molecule is CC.CC#CC1Cc2ccc3c(c2)C2(c4cc(C(=O)Nc5cccc(C)c5)ccc4-3)c3cc(C(=O)Nc4cccc(C)c4)ccc3-c3ccc(cc32)C(=O)C1CC. The fourth-order valence-corrected chi connectivity index (χ4v) is 9.29. The fourth-order valence-electron chi connectivity index (χ4n) is 9.29. The van der Waals surface area contributed by atoms with Crippen molar-refractivity contribution in [2.45, 2.75) is 59.8 Å². The van der Waals surface area contributed by atoms with Gasteiger partial charge < -0.3 is 10.6 Å². The number of hydrogen-bond acceptors (Lipinski definition) is 3. The number of nitrogens with one attached hydrogen (secondary N) is 2. The summed E-state index contributed by atoms with van der Waals surface area (Å²) in [6, 6.07) is 40.2. The van der Waals surface area contributed by atoms with Gasteiger partial charge in [0.1, 0.15) is 0 Å². The molecule has 1 spiro atoms. The Bertz CT molecular complexity index is 2620. The normalized spacial score (nSPS) is 17.8. The van der Waals surface area contributed by atoms with E-state index in [0.29, 0.717) is 29.5 Å². The summed E-state index contributed by atoms with van der Waals surface area (Å²) in [6.45, 7) is 11.9. The molecule has 3 unspecified atom stereocenters. The van der Waals surface area contributed by atoms with Crippen LogP contribution in [0.25, 0.3) is 22.3 Å². The van der Waals surface area contributed by atoms with Crippen molar-refractivity contribution < 1.29 is 14.4 Å². The Kier molecular flexibility index (Phi) is 9.75. The minimum atomic E-state index is -0.904. The maximum Gasteiger partial charge on any atom is 0.255 e. The second kappa shape index (κ2) is 14.9. The van der Waals surface area contributed by atoms with Gasteiger partial charge in [-0.25, -0.2) is 0 Å². The van der Waals surface area contributed by atoms with Gasteiger partial charge in [-0.1, -0.05) is 93.4 Å². The van der Waals surface area contributed by atoms with Crippen LogP contribution in [0, 0.1) is 37.5 Å². The Morgan fingerprint density at radius 1 is 0.649 bits per heavy atom. The van der Waals surface area contributed by atoms with Crippen LogP contribution in [0.4, 0.5) is 11.4 Å². The van der Waals surface area contributed by atoms with Crippen LogP contribution in [0.3, 0.4) is 0 Å². The van der Waals surface area contributed by atoms with Crippen LogP contribution in [0.1, 0.15) is 104 Å². The van der Waals surface area contributed by atoms with Crippen molar-refractivity contribution in [2.24, 2.45) is 11.8 Å². The van der Waals surface area contributed by atoms with E-state index in [1.807, 2.05) is 120 Å². The second-order valence-electron chi connectivity index (χ2n) is 15.1. The first kappa shape index (κ1) is 37.4. The molecule has 9 rings (SSSR count). The molecule has 4 bridgehead atoms. The van der Waals surface area contributed by atoms with Crippen LogP contribution in [0.5, 0.6) is 0 Å². The average molecular weight is 747 g/mol. The summed E-state index contributed by atoms with van der Waals surface area (Å²) >= 11 is 0. The van der Waals surface area contributed by atoms with E-state index < -0.39 is 5.41 Å². The lowest BCUT2D eigenvalue weighted by Crippen LogP contribution is -2.27. The number of anilines is 2. The van der Waals surface area contributed by atoms with Gasteiger partial charge >= 0.3 is 0 Å². The molecular weight excluding hydrogens is 701 g/mol. The van der Waals surface area contributed by atoms with E-state index in [4.69, 9.17) is 0 Å². The molecule has 5 heteroatoms.